The molecule has 1 aliphatic heterocycles. The Labute approximate surface area is 144 Å². The summed E-state index contributed by atoms with van der Waals surface area (Å²) in [6, 6.07) is 4.36. The lowest BCUT2D eigenvalue weighted by molar-refractivity contribution is -0.118. The minimum absolute atomic E-state index is 0.144. The van der Waals surface area contributed by atoms with Crippen molar-refractivity contribution in [2.75, 3.05) is 16.8 Å². The normalized spacial score (nSPS) is 17.2. The lowest BCUT2D eigenvalue weighted by Crippen LogP contribution is -2.43. The quantitative estimate of drug-likeness (QED) is 0.894. The van der Waals surface area contributed by atoms with Crippen molar-refractivity contribution in [3.8, 4) is 0 Å². The number of carbonyl (C=O) groups excluding carboxylic acids is 2. The average molecular weight is 348 g/mol. The van der Waals surface area contributed by atoms with Crippen LogP contribution in [0.5, 0.6) is 0 Å². The van der Waals surface area contributed by atoms with Crippen molar-refractivity contribution in [3.63, 3.8) is 0 Å². The van der Waals surface area contributed by atoms with E-state index in [2.05, 4.69) is 15.7 Å². The molecule has 0 aliphatic carbocycles. The molecular weight excluding hydrogens is 330 g/mol. The van der Waals surface area contributed by atoms with Crippen molar-refractivity contribution in [3.05, 3.63) is 41.2 Å². The van der Waals surface area contributed by atoms with Crippen molar-refractivity contribution < 1.29 is 9.59 Å². The van der Waals surface area contributed by atoms with Crippen molar-refractivity contribution >= 4 is 34.9 Å². The molecule has 24 heavy (non-hydrogen) atoms. The molecule has 2 N–H and O–H groups in total. The second kappa shape index (κ2) is 6.52. The number of nitrogens with one attached hydrogen (secondary N) is 2. The molecular formula is C16H18ClN5O2. The van der Waals surface area contributed by atoms with Crippen molar-refractivity contribution in [1.82, 2.24) is 15.1 Å². The molecule has 2 heterocycles. The molecule has 0 radical (unpaired) electrons. The zero-order valence-corrected chi connectivity index (χ0v) is 14.2. The van der Waals surface area contributed by atoms with E-state index in [0.717, 1.165) is 11.3 Å². The van der Waals surface area contributed by atoms with E-state index in [0.29, 0.717) is 23.7 Å². The molecule has 7 nitrogen and oxygen atoms in total. The highest BCUT2D eigenvalue weighted by Crippen LogP contribution is 2.25. The number of hydrogen-bond donors (Lipinski definition) is 2. The maximum Gasteiger partial charge on any atom is 0.319 e. The predicted molar refractivity (Wildman–Crippen MR) is 92.3 cm³/mol. The first-order valence-corrected chi connectivity index (χ1v) is 7.96. The summed E-state index contributed by atoms with van der Waals surface area (Å²) >= 11 is 6.10. The maximum absolute atomic E-state index is 12.5. The molecule has 1 aliphatic rings. The lowest BCUT2D eigenvalue weighted by atomic mass is 10.2. The van der Waals surface area contributed by atoms with Gasteiger partial charge < -0.3 is 15.5 Å². The molecule has 0 unspecified atom stereocenters. The third-order valence-electron chi connectivity index (χ3n) is 3.97. The minimum Gasteiger partial charge on any atom is -0.326 e. The molecule has 8 heteroatoms. The topological polar surface area (TPSA) is 79.3 Å². The molecule has 3 amide bonds. The Morgan fingerprint density at radius 1 is 1.42 bits per heavy atom. The lowest BCUT2D eigenvalue weighted by Gasteiger charge is -2.16. The van der Waals surface area contributed by atoms with Gasteiger partial charge in [-0.05, 0) is 25.0 Å². The number of amides is 3. The first kappa shape index (κ1) is 16.3. The van der Waals surface area contributed by atoms with Crippen LogP contribution in [0.4, 0.5) is 16.2 Å². The summed E-state index contributed by atoms with van der Waals surface area (Å²) in [5, 5.41) is 9.95. The van der Waals surface area contributed by atoms with E-state index in [1.54, 1.807) is 35.1 Å². The van der Waals surface area contributed by atoms with Crippen LogP contribution in [0.25, 0.3) is 0 Å². The number of carbonyl (C=O) groups is 2. The average Bonchev–Trinajstić information content (AvgIpc) is 3.10. The van der Waals surface area contributed by atoms with Gasteiger partial charge in [0.05, 0.1) is 22.6 Å². The summed E-state index contributed by atoms with van der Waals surface area (Å²) in [6.07, 6.45) is 3.95. The van der Waals surface area contributed by atoms with E-state index >= 15 is 0 Å². The summed E-state index contributed by atoms with van der Waals surface area (Å²) in [7, 11) is 1.79. The van der Waals surface area contributed by atoms with Crippen molar-refractivity contribution in [1.29, 1.82) is 0 Å². The van der Waals surface area contributed by atoms with Crippen LogP contribution in [0.1, 0.15) is 12.0 Å². The van der Waals surface area contributed by atoms with Gasteiger partial charge in [0.1, 0.15) is 6.04 Å². The second-order valence-corrected chi connectivity index (χ2v) is 6.14. The van der Waals surface area contributed by atoms with Crippen molar-refractivity contribution in [2.24, 2.45) is 7.05 Å². The van der Waals surface area contributed by atoms with Crippen LogP contribution in [0.15, 0.2) is 30.6 Å². The van der Waals surface area contributed by atoms with Crippen LogP contribution in [-0.2, 0) is 11.8 Å². The number of para-hydroxylation sites is 1. The van der Waals surface area contributed by atoms with Gasteiger partial charge in [0.15, 0.2) is 0 Å². The molecule has 1 saturated heterocycles. The highest BCUT2D eigenvalue weighted by molar-refractivity contribution is 6.33. The number of nitrogens with zero attached hydrogens (tertiary/aromatic N) is 3. The van der Waals surface area contributed by atoms with Gasteiger partial charge >= 0.3 is 6.03 Å². The van der Waals surface area contributed by atoms with Gasteiger partial charge in [0.2, 0.25) is 5.91 Å². The number of aromatic nitrogens is 2. The van der Waals surface area contributed by atoms with Gasteiger partial charge in [-0.1, -0.05) is 23.7 Å². The van der Waals surface area contributed by atoms with E-state index in [9.17, 15) is 9.59 Å². The third kappa shape index (κ3) is 3.21. The zero-order chi connectivity index (χ0) is 17.3. The summed E-state index contributed by atoms with van der Waals surface area (Å²) in [5.41, 5.74) is 2.13. The Morgan fingerprint density at radius 2 is 2.21 bits per heavy atom. The summed E-state index contributed by atoms with van der Waals surface area (Å²) in [5.74, 6) is -0.144. The van der Waals surface area contributed by atoms with E-state index in [4.69, 9.17) is 11.6 Å². The first-order chi connectivity index (χ1) is 11.5. The molecule has 0 bridgehead atoms. The van der Waals surface area contributed by atoms with Gasteiger partial charge in [0.25, 0.3) is 0 Å². The molecule has 3 rings (SSSR count). The highest BCUT2D eigenvalue weighted by Gasteiger charge is 2.34. The maximum atomic E-state index is 12.5. The molecule has 1 aromatic carbocycles. The number of aryl methyl sites for hydroxylation is 2. The molecule has 0 spiro atoms. The third-order valence-corrected chi connectivity index (χ3v) is 4.29. The number of urea groups is 1. The Hall–Kier alpha value is -2.54. The van der Waals surface area contributed by atoms with Gasteiger partial charge in [-0.3, -0.25) is 9.48 Å². The van der Waals surface area contributed by atoms with Crippen LogP contribution in [0.2, 0.25) is 5.02 Å². The smallest absolute Gasteiger partial charge is 0.319 e. The molecule has 126 valence electrons. The molecule has 1 atom stereocenters. The highest BCUT2D eigenvalue weighted by atomic mass is 35.5. The number of anilines is 2. The predicted octanol–water partition coefficient (Wildman–Crippen LogP) is 2.31. The van der Waals surface area contributed by atoms with Gasteiger partial charge in [-0.15, -0.1) is 0 Å². The van der Waals surface area contributed by atoms with E-state index in [1.165, 1.54) is 0 Å². The summed E-state index contributed by atoms with van der Waals surface area (Å²) in [6.45, 7) is 2.40. The zero-order valence-electron chi connectivity index (χ0n) is 13.4. The van der Waals surface area contributed by atoms with Crippen molar-refractivity contribution in [2.45, 2.75) is 19.4 Å². The molecule has 1 aromatic heterocycles. The van der Waals surface area contributed by atoms with Crippen LogP contribution in [0, 0.1) is 6.92 Å². The number of benzene rings is 1. The fourth-order valence-electron chi connectivity index (χ4n) is 2.72. The van der Waals surface area contributed by atoms with Gasteiger partial charge in [-0.25, -0.2) is 4.79 Å². The standard InChI is InChI=1S/C16H18ClN5O2/c1-10-4-3-5-12(17)14(10)20-16(24)19-13-6-7-22(15(13)23)11-8-18-21(2)9-11/h3-5,8-9,13H,6-7H2,1-2H3,(H2,19,20,24)/t13-/m0/s1. The first-order valence-electron chi connectivity index (χ1n) is 7.58. The number of hydrogen-bond acceptors (Lipinski definition) is 3. The largest absolute Gasteiger partial charge is 0.326 e. The SMILES string of the molecule is Cc1cccc(Cl)c1NC(=O)N[C@H]1CCN(c2cnn(C)c2)C1=O. The fourth-order valence-corrected chi connectivity index (χ4v) is 2.99. The molecule has 0 saturated carbocycles. The van der Waals surface area contributed by atoms with Gasteiger partial charge in [-0.2, -0.15) is 5.10 Å². The van der Waals surface area contributed by atoms with Gasteiger partial charge in [0, 0.05) is 19.8 Å². The Balaban J connectivity index is 1.64. The fraction of sp³-hybridized carbons (Fsp3) is 0.312. The van der Waals surface area contributed by atoms with Crippen LogP contribution >= 0.6 is 11.6 Å². The van der Waals surface area contributed by atoms with Crippen LogP contribution in [-0.4, -0.2) is 34.3 Å². The minimum atomic E-state index is -0.562. The number of halogens is 1. The van der Waals surface area contributed by atoms with Crippen LogP contribution in [0.3, 0.4) is 0 Å². The molecule has 2 aromatic rings. The monoisotopic (exact) mass is 347 g/mol. The van der Waals surface area contributed by atoms with Crippen LogP contribution < -0.4 is 15.5 Å². The molecule has 1 fully saturated rings. The Morgan fingerprint density at radius 3 is 2.88 bits per heavy atom. The Kier molecular flexibility index (Phi) is 4.44. The number of rotatable bonds is 3. The summed E-state index contributed by atoms with van der Waals surface area (Å²) < 4.78 is 1.64. The second-order valence-electron chi connectivity index (χ2n) is 5.73. The summed E-state index contributed by atoms with van der Waals surface area (Å²) in [4.78, 5) is 26.3. The van der Waals surface area contributed by atoms with E-state index in [-0.39, 0.29) is 5.91 Å². The van der Waals surface area contributed by atoms with E-state index < -0.39 is 12.1 Å². The van der Waals surface area contributed by atoms with E-state index in [1.807, 2.05) is 19.1 Å². The Bertz CT molecular complexity index is 768.